The summed E-state index contributed by atoms with van der Waals surface area (Å²) in [4.78, 5) is 10.5. The highest BCUT2D eigenvalue weighted by molar-refractivity contribution is 5.96. The Balaban J connectivity index is 0.000000640. The van der Waals surface area contributed by atoms with Crippen LogP contribution in [0.4, 0.5) is 0 Å². The van der Waals surface area contributed by atoms with Crippen molar-refractivity contribution in [3.63, 3.8) is 0 Å². The lowest BCUT2D eigenvalue weighted by Gasteiger charge is -2.01. The third kappa shape index (κ3) is 2.00. The van der Waals surface area contributed by atoms with Gasteiger partial charge in [-0.05, 0) is 6.08 Å². The highest BCUT2D eigenvalue weighted by atomic mass is 35.5. The molecule has 0 bridgehead atoms. The maximum atomic E-state index is 10.5. The second-order valence-corrected chi connectivity index (χ2v) is 1.67. The fraction of sp³-hybridized carbons (Fsp3) is 0.167. The van der Waals surface area contributed by atoms with Crippen molar-refractivity contribution in [2.45, 2.75) is 6.04 Å². The minimum Gasteiger partial charge on any atom is -0.318 e. The van der Waals surface area contributed by atoms with Crippen LogP contribution in [0.3, 0.4) is 0 Å². The zero-order valence-electron chi connectivity index (χ0n) is 4.78. The predicted octanol–water partition coefficient (Wildman–Crippen LogP) is 0.431. The first-order valence-electron chi connectivity index (χ1n) is 2.45. The highest BCUT2D eigenvalue weighted by Gasteiger charge is 2.06. The van der Waals surface area contributed by atoms with Crippen LogP contribution in [0.25, 0.3) is 0 Å². The molecule has 1 aliphatic carbocycles. The van der Waals surface area contributed by atoms with Gasteiger partial charge in [-0.25, -0.2) is 0 Å². The van der Waals surface area contributed by atoms with Gasteiger partial charge in [0.05, 0.1) is 6.04 Å². The highest BCUT2D eigenvalue weighted by Crippen LogP contribution is 1.94. The van der Waals surface area contributed by atoms with Crippen LogP contribution in [0.5, 0.6) is 0 Å². The van der Waals surface area contributed by atoms with Crippen molar-refractivity contribution in [1.29, 1.82) is 0 Å². The molecule has 9 heavy (non-hydrogen) atoms. The Morgan fingerprint density at radius 1 is 1.44 bits per heavy atom. The fourth-order valence-electron chi connectivity index (χ4n) is 0.540. The van der Waals surface area contributed by atoms with Gasteiger partial charge in [-0.15, -0.1) is 12.4 Å². The molecule has 0 aromatic rings. The SMILES string of the molecule is Cl.NC1C=CC=CC1=O. The number of allylic oxidation sites excluding steroid dienone is 2. The van der Waals surface area contributed by atoms with Gasteiger partial charge in [0.25, 0.3) is 0 Å². The van der Waals surface area contributed by atoms with Crippen molar-refractivity contribution in [2.24, 2.45) is 5.73 Å². The Kier molecular flexibility index (Phi) is 3.20. The summed E-state index contributed by atoms with van der Waals surface area (Å²) in [7, 11) is 0. The molecule has 1 rings (SSSR count). The van der Waals surface area contributed by atoms with Crippen LogP contribution < -0.4 is 5.73 Å². The van der Waals surface area contributed by atoms with E-state index in [0.29, 0.717) is 0 Å². The normalized spacial score (nSPS) is 23.7. The number of ketones is 1. The molecule has 0 saturated carbocycles. The molecular weight excluding hydrogens is 138 g/mol. The Labute approximate surface area is 59.8 Å². The van der Waals surface area contributed by atoms with Gasteiger partial charge in [0.2, 0.25) is 0 Å². The van der Waals surface area contributed by atoms with Crippen molar-refractivity contribution in [3.8, 4) is 0 Å². The molecule has 0 heterocycles. The van der Waals surface area contributed by atoms with E-state index < -0.39 is 6.04 Å². The summed E-state index contributed by atoms with van der Waals surface area (Å²) in [5.41, 5.74) is 5.29. The number of nitrogens with two attached hydrogens (primary N) is 1. The second-order valence-electron chi connectivity index (χ2n) is 1.67. The van der Waals surface area contributed by atoms with Crippen molar-refractivity contribution in [2.75, 3.05) is 0 Å². The molecule has 1 atom stereocenters. The van der Waals surface area contributed by atoms with Gasteiger partial charge in [-0.2, -0.15) is 0 Å². The van der Waals surface area contributed by atoms with Gasteiger partial charge < -0.3 is 5.73 Å². The Bertz CT molecular complexity index is 162. The molecule has 0 radical (unpaired) electrons. The Hall–Kier alpha value is -0.600. The Morgan fingerprint density at radius 3 is 2.44 bits per heavy atom. The summed E-state index contributed by atoms with van der Waals surface area (Å²) in [6.07, 6.45) is 6.60. The summed E-state index contributed by atoms with van der Waals surface area (Å²) in [5.74, 6) is -0.0208. The van der Waals surface area contributed by atoms with Crippen LogP contribution in [-0.2, 0) is 4.79 Å². The van der Waals surface area contributed by atoms with Crippen molar-refractivity contribution in [1.82, 2.24) is 0 Å². The zero-order valence-corrected chi connectivity index (χ0v) is 5.60. The molecule has 1 aliphatic rings. The number of hydrogen-bond acceptors (Lipinski definition) is 2. The van der Waals surface area contributed by atoms with Gasteiger partial charge in [-0.3, -0.25) is 4.79 Å². The average molecular weight is 146 g/mol. The van der Waals surface area contributed by atoms with Crippen LogP contribution in [0, 0.1) is 0 Å². The van der Waals surface area contributed by atoms with Gasteiger partial charge in [0, 0.05) is 0 Å². The minimum absolute atomic E-state index is 0. The topological polar surface area (TPSA) is 43.1 Å². The fourth-order valence-corrected chi connectivity index (χ4v) is 0.540. The lowest BCUT2D eigenvalue weighted by Crippen LogP contribution is -2.27. The second kappa shape index (κ2) is 3.43. The molecule has 0 aromatic carbocycles. The minimum atomic E-state index is -0.403. The number of halogens is 1. The van der Waals surface area contributed by atoms with E-state index >= 15 is 0 Å². The van der Waals surface area contributed by atoms with E-state index in [4.69, 9.17) is 5.73 Å². The van der Waals surface area contributed by atoms with E-state index in [0.717, 1.165) is 0 Å². The predicted molar refractivity (Wildman–Crippen MR) is 38.5 cm³/mol. The lowest BCUT2D eigenvalue weighted by molar-refractivity contribution is -0.114. The Morgan fingerprint density at radius 2 is 2.11 bits per heavy atom. The number of carbonyl (C=O) groups excluding carboxylic acids is 1. The zero-order chi connectivity index (χ0) is 5.98. The molecule has 0 amide bonds. The van der Waals surface area contributed by atoms with Crippen molar-refractivity contribution in [3.05, 3.63) is 24.3 Å². The maximum Gasteiger partial charge on any atom is 0.176 e. The average Bonchev–Trinajstić information content (AvgIpc) is 1.77. The quantitative estimate of drug-likeness (QED) is 0.537. The van der Waals surface area contributed by atoms with E-state index in [1.165, 1.54) is 6.08 Å². The standard InChI is InChI=1S/C6H7NO.ClH/c7-5-3-1-2-4-6(5)8;/h1-5H,7H2;1H. The molecule has 3 heteroatoms. The number of carbonyl (C=O) groups is 1. The third-order valence-corrected chi connectivity index (χ3v) is 1.02. The van der Waals surface area contributed by atoms with Crippen molar-refractivity contribution >= 4 is 18.2 Å². The molecule has 0 fully saturated rings. The number of rotatable bonds is 0. The van der Waals surface area contributed by atoms with E-state index in [9.17, 15) is 4.79 Å². The van der Waals surface area contributed by atoms with E-state index in [1.807, 2.05) is 0 Å². The van der Waals surface area contributed by atoms with E-state index in [2.05, 4.69) is 0 Å². The molecule has 0 aromatic heterocycles. The molecule has 2 nitrogen and oxygen atoms in total. The summed E-state index contributed by atoms with van der Waals surface area (Å²) >= 11 is 0. The van der Waals surface area contributed by atoms with Crippen LogP contribution >= 0.6 is 12.4 Å². The van der Waals surface area contributed by atoms with Crippen molar-refractivity contribution < 1.29 is 4.79 Å². The van der Waals surface area contributed by atoms with Gasteiger partial charge in [-0.1, -0.05) is 18.2 Å². The molecule has 0 spiro atoms. The summed E-state index contributed by atoms with van der Waals surface area (Å²) in [5, 5.41) is 0. The summed E-state index contributed by atoms with van der Waals surface area (Å²) < 4.78 is 0. The lowest BCUT2D eigenvalue weighted by atomic mass is 10.1. The van der Waals surface area contributed by atoms with E-state index in [-0.39, 0.29) is 18.2 Å². The van der Waals surface area contributed by atoms with Crippen LogP contribution in [0.15, 0.2) is 24.3 Å². The first-order valence-corrected chi connectivity index (χ1v) is 2.45. The smallest absolute Gasteiger partial charge is 0.176 e. The first-order chi connectivity index (χ1) is 3.80. The largest absolute Gasteiger partial charge is 0.318 e. The number of hydrogen-bond donors (Lipinski definition) is 1. The van der Waals surface area contributed by atoms with Crippen LogP contribution in [0.2, 0.25) is 0 Å². The molecule has 50 valence electrons. The van der Waals surface area contributed by atoms with Gasteiger partial charge >= 0.3 is 0 Å². The molecule has 2 N–H and O–H groups in total. The molecule has 0 aliphatic heterocycles. The molecular formula is C6H8ClNO. The molecule has 0 saturated heterocycles. The molecule has 1 unspecified atom stereocenters. The summed E-state index contributed by atoms with van der Waals surface area (Å²) in [6.45, 7) is 0. The monoisotopic (exact) mass is 145 g/mol. The van der Waals surface area contributed by atoms with Crippen LogP contribution in [0.1, 0.15) is 0 Å². The van der Waals surface area contributed by atoms with Crippen LogP contribution in [-0.4, -0.2) is 11.8 Å². The summed E-state index contributed by atoms with van der Waals surface area (Å²) in [6, 6.07) is -0.403. The van der Waals surface area contributed by atoms with Gasteiger partial charge in [0.1, 0.15) is 0 Å². The first kappa shape index (κ1) is 8.40. The maximum absolute atomic E-state index is 10.5. The third-order valence-electron chi connectivity index (χ3n) is 1.02. The van der Waals surface area contributed by atoms with Gasteiger partial charge in [0.15, 0.2) is 5.78 Å². The van der Waals surface area contributed by atoms with E-state index in [1.54, 1.807) is 18.2 Å².